The third kappa shape index (κ3) is 14.5. The van der Waals surface area contributed by atoms with Gasteiger partial charge in [-0.1, -0.05) is 0 Å². The number of hydrogen-bond donors (Lipinski definition) is 1. The summed E-state index contributed by atoms with van der Waals surface area (Å²) in [7, 11) is 6.21. The van der Waals surface area contributed by atoms with Crippen LogP contribution in [0.4, 0.5) is 0 Å². The van der Waals surface area contributed by atoms with Gasteiger partial charge >= 0.3 is 5.97 Å². The molecular weight excluding hydrogens is 194 g/mol. The molecule has 0 radical (unpaired) electrons. The van der Waals surface area contributed by atoms with E-state index < -0.39 is 5.97 Å². The maximum atomic E-state index is 10.1. The van der Waals surface area contributed by atoms with Crippen LogP contribution in [-0.4, -0.2) is 56.5 Å². The molecule has 0 aromatic heterocycles. The van der Waals surface area contributed by atoms with Gasteiger partial charge in [0, 0.05) is 0 Å². The minimum absolute atomic E-state index is 0. The summed E-state index contributed by atoms with van der Waals surface area (Å²) in [5.41, 5.74) is 0. The molecule has 0 bridgehead atoms. The summed E-state index contributed by atoms with van der Waals surface area (Å²) in [5.74, 6) is -0.805. The van der Waals surface area contributed by atoms with Gasteiger partial charge in [0.1, 0.15) is 6.54 Å². The third-order valence-electron chi connectivity index (χ3n) is 1.37. The van der Waals surface area contributed by atoms with Gasteiger partial charge in [0.25, 0.3) is 0 Å². The molecule has 0 aromatic rings. The first kappa shape index (κ1) is 15.2. The number of hydrogen-bond acceptors (Lipinski definition) is 2. The minimum atomic E-state index is -0.805. The summed E-state index contributed by atoms with van der Waals surface area (Å²) < 4.78 is 5.96. The Morgan fingerprint density at radius 2 is 1.85 bits per heavy atom. The standard InChI is InChI=1S/C8H17NO3.ClH/c1-9(2,3)5-7-12-6-4-8(10)11;/h4-7H2,1-3H3;1H/p+1. The Kier molecular flexibility index (Phi) is 8.30. The lowest BCUT2D eigenvalue weighted by Crippen LogP contribution is -2.37. The lowest BCUT2D eigenvalue weighted by atomic mass is 10.5. The van der Waals surface area contributed by atoms with E-state index in [4.69, 9.17) is 9.84 Å². The van der Waals surface area contributed by atoms with E-state index in [9.17, 15) is 4.79 Å². The van der Waals surface area contributed by atoms with Gasteiger partial charge in [0.2, 0.25) is 0 Å². The molecule has 0 saturated heterocycles. The molecule has 0 spiro atoms. The van der Waals surface area contributed by atoms with Crippen molar-refractivity contribution in [2.24, 2.45) is 0 Å². The van der Waals surface area contributed by atoms with Crippen LogP contribution in [0.5, 0.6) is 0 Å². The summed E-state index contributed by atoms with van der Waals surface area (Å²) in [6.07, 6.45) is 0.0944. The van der Waals surface area contributed by atoms with Crippen LogP contribution in [0.15, 0.2) is 0 Å². The normalized spacial score (nSPS) is 10.7. The van der Waals surface area contributed by atoms with Crippen molar-refractivity contribution in [1.82, 2.24) is 0 Å². The second-order valence-corrected chi connectivity index (χ2v) is 3.77. The molecule has 13 heavy (non-hydrogen) atoms. The van der Waals surface area contributed by atoms with Crippen LogP contribution in [0, 0.1) is 0 Å². The molecule has 4 nitrogen and oxygen atoms in total. The fourth-order valence-corrected chi connectivity index (χ4v) is 0.600. The highest BCUT2D eigenvalue weighted by Gasteiger charge is 2.05. The maximum absolute atomic E-state index is 10.1. The summed E-state index contributed by atoms with van der Waals surface area (Å²) in [4.78, 5) is 10.1. The number of carbonyl (C=O) groups is 1. The molecule has 5 heteroatoms. The van der Waals surface area contributed by atoms with Crippen molar-refractivity contribution in [1.29, 1.82) is 0 Å². The molecule has 80 valence electrons. The van der Waals surface area contributed by atoms with Crippen molar-refractivity contribution in [2.75, 3.05) is 40.9 Å². The Labute approximate surface area is 85.5 Å². The molecule has 0 aliphatic heterocycles. The van der Waals surface area contributed by atoms with Crippen molar-refractivity contribution >= 4 is 18.4 Å². The molecule has 0 unspecified atom stereocenters. The fraction of sp³-hybridized carbons (Fsp3) is 0.875. The first-order valence-electron chi connectivity index (χ1n) is 4.02. The summed E-state index contributed by atoms with van der Waals surface area (Å²) in [6, 6.07) is 0. The molecule has 1 N–H and O–H groups in total. The van der Waals surface area contributed by atoms with Gasteiger partial charge in [0.15, 0.2) is 0 Å². The number of likely N-dealkylation sites (N-methyl/N-ethyl adjacent to an activating group) is 1. The largest absolute Gasteiger partial charge is 0.481 e. The van der Waals surface area contributed by atoms with Gasteiger partial charge in [-0.2, -0.15) is 0 Å². The van der Waals surface area contributed by atoms with Crippen LogP contribution in [0.1, 0.15) is 6.42 Å². The van der Waals surface area contributed by atoms with Crippen LogP contribution < -0.4 is 0 Å². The molecule has 0 rings (SSSR count). The van der Waals surface area contributed by atoms with Crippen LogP contribution in [-0.2, 0) is 9.53 Å². The van der Waals surface area contributed by atoms with Crippen molar-refractivity contribution in [3.63, 3.8) is 0 Å². The topological polar surface area (TPSA) is 46.5 Å². The van der Waals surface area contributed by atoms with E-state index in [0.29, 0.717) is 13.2 Å². The first-order chi connectivity index (χ1) is 5.42. The molecule has 0 fully saturated rings. The number of carboxylic acids is 1. The van der Waals surface area contributed by atoms with Gasteiger partial charge in [-0.05, 0) is 0 Å². The Balaban J connectivity index is 0. The second kappa shape index (κ2) is 7.12. The van der Waals surface area contributed by atoms with Crippen LogP contribution in [0.3, 0.4) is 0 Å². The zero-order valence-electron chi connectivity index (χ0n) is 8.45. The van der Waals surface area contributed by atoms with E-state index in [-0.39, 0.29) is 18.8 Å². The molecule has 0 atom stereocenters. The second-order valence-electron chi connectivity index (χ2n) is 3.77. The lowest BCUT2D eigenvalue weighted by molar-refractivity contribution is -0.870. The van der Waals surface area contributed by atoms with Gasteiger partial charge in [-0.3, -0.25) is 4.79 Å². The number of nitrogens with zero attached hydrogens (tertiary/aromatic N) is 1. The Morgan fingerprint density at radius 1 is 1.31 bits per heavy atom. The fourth-order valence-electron chi connectivity index (χ4n) is 0.600. The number of ether oxygens (including phenoxy) is 1. The first-order valence-corrected chi connectivity index (χ1v) is 4.02. The summed E-state index contributed by atoms with van der Waals surface area (Å²) >= 11 is 0. The van der Waals surface area contributed by atoms with Gasteiger partial charge in [0.05, 0.1) is 40.8 Å². The highest BCUT2D eigenvalue weighted by molar-refractivity contribution is 5.85. The predicted octanol–water partition coefficient (Wildman–Crippen LogP) is 0.606. The van der Waals surface area contributed by atoms with Crippen molar-refractivity contribution in [3.05, 3.63) is 0 Å². The Hall–Kier alpha value is -0.320. The van der Waals surface area contributed by atoms with Crippen molar-refractivity contribution in [2.45, 2.75) is 6.42 Å². The molecule has 0 saturated carbocycles. The number of carboxylic acid groups (broad SMARTS) is 1. The van der Waals surface area contributed by atoms with Crippen LogP contribution in [0.2, 0.25) is 0 Å². The van der Waals surface area contributed by atoms with Crippen molar-refractivity contribution < 1.29 is 19.1 Å². The highest BCUT2D eigenvalue weighted by atomic mass is 35.5. The third-order valence-corrected chi connectivity index (χ3v) is 1.37. The van der Waals surface area contributed by atoms with Gasteiger partial charge in [-0.15, -0.1) is 12.4 Å². The molecule has 0 aliphatic rings. The lowest BCUT2D eigenvalue weighted by Gasteiger charge is -2.23. The summed E-state index contributed by atoms with van der Waals surface area (Å²) in [5, 5.41) is 8.29. The summed E-state index contributed by atoms with van der Waals surface area (Å²) in [6.45, 7) is 1.84. The average Bonchev–Trinajstić information content (AvgIpc) is 1.83. The van der Waals surface area contributed by atoms with E-state index >= 15 is 0 Å². The zero-order valence-corrected chi connectivity index (χ0v) is 9.26. The van der Waals surface area contributed by atoms with E-state index in [1.165, 1.54) is 0 Å². The van der Waals surface area contributed by atoms with E-state index in [0.717, 1.165) is 11.0 Å². The molecule has 0 aliphatic carbocycles. The smallest absolute Gasteiger partial charge is 0.305 e. The number of quaternary nitrogens is 1. The molecule has 0 heterocycles. The van der Waals surface area contributed by atoms with Gasteiger partial charge in [-0.25, -0.2) is 0 Å². The minimum Gasteiger partial charge on any atom is -0.481 e. The monoisotopic (exact) mass is 212 g/mol. The Bertz CT molecular complexity index is 145. The molecule has 0 amide bonds. The van der Waals surface area contributed by atoms with E-state index in [1.807, 2.05) is 0 Å². The Morgan fingerprint density at radius 3 is 2.23 bits per heavy atom. The predicted molar refractivity (Wildman–Crippen MR) is 53.2 cm³/mol. The maximum Gasteiger partial charge on any atom is 0.305 e. The average molecular weight is 213 g/mol. The van der Waals surface area contributed by atoms with Crippen LogP contribution in [0.25, 0.3) is 0 Å². The van der Waals surface area contributed by atoms with Gasteiger partial charge < -0.3 is 14.3 Å². The quantitative estimate of drug-likeness (QED) is 0.518. The zero-order chi connectivity index (χ0) is 9.61. The van der Waals surface area contributed by atoms with E-state index in [2.05, 4.69) is 21.1 Å². The van der Waals surface area contributed by atoms with Crippen molar-refractivity contribution in [3.8, 4) is 0 Å². The number of aliphatic carboxylic acids is 1. The molecule has 0 aromatic carbocycles. The highest BCUT2D eigenvalue weighted by Crippen LogP contribution is 1.90. The number of rotatable bonds is 6. The molecular formula is C8H19ClNO3+. The van der Waals surface area contributed by atoms with Crippen LogP contribution >= 0.6 is 12.4 Å². The van der Waals surface area contributed by atoms with E-state index in [1.54, 1.807) is 0 Å². The SMILES string of the molecule is C[N+](C)(C)CCOCCC(=O)O.Cl. The number of halogens is 1.